The Labute approximate surface area is 110 Å². The number of benzene rings is 2. The van der Waals surface area contributed by atoms with Crippen molar-refractivity contribution in [3.05, 3.63) is 47.5 Å². The van der Waals surface area contributed by atoms with Crippen molar-refractivity contribution >= 4 is 10.8 Å². The molecule has 0 spiro atoms. The molecule has 1 unspecified atom stereocenters. The van der Waals surface area contributed by atoms with Crippen molar-refractivity contribution in [2.24, 2.45) is 11.1 Å². The second kappa shape index (κ2) is 4.74. The molecule has 0 saturated heterocycles. The topological polar surface area (TPSA) is 26.0 Å². The van der Waals surface area contributed by atoms with Gasteiger partial charge in [-0.05, 0) is 46.7 Å². The maximum absolute atomic E-state index is 6.44. The van der Waals surface area contributed by atoms with Crippen molar-refractivity contribution in [3.8, 4) is 0 Å². The fourth-order valence-corrected chi connectivity index (χ4v) is 2.38. The molecule has 0 aliphatic rings. The molecule has 0 fully saturated rings. The van der Waals surface area contributed by atoms with Crippen molar-refractivity contribution in [1.82, 2.24) is 0 Å². The monoisotopic (exact) mass is 241 g/mol. The molecule has 0 aliphatic carbocycles. The lowest BCUT2D eigenvalue weighted by Crippen LogP contribution is -2.28. The Balaban J connectivity index is 2.53. The molecule has 0 aromatic heterocycles. The Kier molecular flexibility index (Phi) is 3.45. The van der Waals surface area contributed by atoms with Crippen LogP contribution in [0.3, 0.4) is 0 Å². The van der Waals surface area contributed by atoms with Crippen LogP contribution in [0.25, 0.3) is 10.8 Å². The zero-order valence-electron chi connectivity index (χ0n) is 11.8. The molecule has 0 heterocycles. The van der Waals surface area contributed by atoms with Gasteiger partial charge in [0.25, 0.3) is 0 Å². The highest BCUT2D eigenvalue weighted by atomic mass is 14.7. The van der Waals surface area contributed by atoms with E-state index >= 15 is 0 Å². The molecule has 1 atom stereocenters. The summed E-state index contributed by atoms with van der Waals surface area (Å²) in [7, 11) is 0. The van der Waals surface area contributed by atoms with Gasteiger partial charge in [-0.15, -0.1) is 0 Å². The first kappa shape index (κ1) is 13.1. The van der Waals surface area contributed by atoms with Crippen LogP contribution in [0.15, 0.2) is 36.4 Å². The highest BCUT2D eigenvalue weighted by Crippen LogP contribution is 2.36. The van der Waals surface area contributed by atoms with Gasteiger partial charge in [-0.1, -0.05) is 51.1 Å². The van der Waals surface area contributed by atoms with E-state index in [9.17, 15) is 0 Å². The second-order valence-electron chi connectivity index (χ2n) is 5.88. The highest BCUT2D eigenvalue weighted by molar-refractivity contribution is 5.86. The van der Waals surface area contributed by atoms with Gasteiger partial charge in [-0.25, -0.2) is 0 Å². The van der Waals surface area contributed by atoms with Gasteiger partial charge in [0, 0.05) is 6.04 Å². The molecular formula is C17H23N. The van der Waals surface area contributed by atoms with Crippen molar-refractivity contribution in [1.29, 1.82) is 0 Å². The SMILES string of the molecule is CCC(C)(C)C(N)c1cc(C)c2ccccc2c1. The van der Waals surface area contributed by atoms with E-state index in [1.54, 1.807) is 0 Å². The third-order valence-electron chi connectivity index (χ3n) is 4.20. The second-order valence-corrected chi connectivity index (χ2v) is 5.88. The van der Waals surface area contributed by atoms with Gasteiger partial charge < -0.3 is 5.73 Å². The molecule has 2 aromatic rings. The smallest absolute Gasteiger partial charge is 0.0346 e. The van der Waals surface area contributed by atoms with Crippen LogP contribution in [0, 0.1) is 12.3 Å². The van der Waals surface area contributed by atoms with E-state index in [0.717, 1.165) is 6.42 Å². The summed E-state index contributed by atoms with van der Waals surface area (Å²) in [6, 6.07) is 13.1. The summed E-state index contributed by atoms with van der Waals surface area (Å²) in [5.41, 5.74) is 9.14. The van der Waals surface area contributed by atoms with E-state index in [2.05, 4.69) is 64.1 Å². The molecular weight excluding hydrogens is 218 g/mol. The van der Waals surface area contributed by atoms with Crippen molar-refractivity contribution in [2.75, 3.05) is 0 Å². The number of rotatable bonds is 3. The lowest BCUT2D eigenvalue weighted by atomic mass is 9.78. The van der Waals surface area contributed by atoms with Crippen LogP contribution in [-0.2, 0) is 0 Å². The standard InChI is InChI=1S/C17H23N/c1-5-17(3,4)16(18)14-10-12(2)15-9-7-6-8-13(15)11-14/h6-11,16H,5,18H2,1-4H3. The number of nitrogens with two attached hydrogens (primary N) is 1. The number of aryl methyl sites for hydroxylation is 1. The summed E-state index contributed by atoms with van der Waals surface area (Å²) in [6.07, 6.45) is 1.08. The third-order valence-corrected chi connectivity index (χ3v) is 4.20. The summed E-state index contributed by atoms with van der Waals surface area (Å²) >= 11 is 0. The predicted octanol–water partition coefficient (Wildman–Crippen LogP) is 4.58. The van der Waals surface area contributed by atoms with Crippen LogP contribution < -0.4 is 5.73 Å². The van der Waals surface area contributed by atoms with Crippen molar-refractivity contribution < 1.29 is 0 Å². The highest BCUT2D eigenvalue weighted by Gasteiger charge is 2.26. The molecule has 2 aromatic carbocycles. The van der Waals surface area contributed by atoms with E-state index in [1.807, 2.05) is 0 Å². The average molecular weight is 241 g/mol. The van der Waals surface area contributed by atoms with Gasteiger partial charge in [0.05, 0.1) is 0 Å². The number of hydrogen-bond donors (Lipinski definition) is 1. The molecule has 0 radical (unpaired) electrons. The van der Waals surface area contributed by atoms with Gasteiger partial charge in [0.15, 0.2) is 0 Å². The Bertz CT molecular complexity index is 555. The van der Waals surface area contributed by atoms with E-state index in [-0.39, 0.29) is 11.5 Å². The van der Waals surface area contributed by atoms with Gasteiger partial charge in [-0.3, -0.25) is 0 Å². The van der Waals surface area contributed by atoms with Crippen LogP contribution in [0.1, 0.15) is 44.4 Å². The summed E-state index contributed by atoms with van der Waals surface area (Å²) < 4.78 is 0. The minimum atomic E-state index is 0.0887. The van der Waals surface area contributed by atoms with Crippen molar-refractivity contribution in [2.45, 2.75) is 40.2 Å². The summed E-state index contributed by atoms with van der Waals surface area (Å²) in [5, 5.41) is 2.61. The molecule has 0 aliphatic heterocycles. The minimum absolute atomic E-state index is 0.0887. The average Bonchev–Trinajstić information content (AvgIpc) is 2.37. The van der Waals surface area contributed by atoms with Crippen LogP contribution >= 0.6 is 0 Å². The first-order valence-electron chi connectivity index (χ1n) is 6.70. The Hall–Kier alpha value is -1.34. The minimum Gasteiger partial charge on any atom is -0.324 e. The van der Waals surface area contributed by atoms with Gasteiger partial charge in [-0.2, -0.15) is 0 Å². The molecule has 96 valence electrons. The van der Waals surface area contributed by atoms with E-state index < -0.39 is 0 Å². The molecule has 1 heteroatoms. The number of hydrogen-bond acceptors (Lipinski definition) is 1. The number of fused-ring (bicyclic) bond motifs is 1. The van der Waals surface area contributed by atoms with Crippen molar-refractivity contribution in [3.63, 3.8) is 0 Å². The van der Waals surface area contributed by atoms with E-state index in [1.165, 1.54) is 21.9 Å². The maximum Gasteiger partial charge on any atom is 0.0346 e. The summed E-state index contributed by atoms with van der Waals surface area (Å²) in [5.74, 6) is 0. The quantitative estimate of drug-likeness (QED) is 0.836. The summed E-state index contributed by atoms with van der Waals surface area (Å²) in [4.78, 5) is 0. The lowest BCUT2D eigenvalue weighted by molar-refractivity contribution is 0.278. The van der Waals surface area contributed by atoms with Crippen LogP contribution in [0.5, 0.6) is 0 Å². The predicted molar refractivity (Wildman–Crippen MR) is 79.7 cm³/mol. The molecule has 18 heavy (non-hydrogen) atoms. The molecule has 0 bridgehead atoms. The third kappa shape index (κ3) is 2.28. The van der Waals surface area contributed by atoms with Crippen LogP contribution in [-0.4, -0.2) is 0 Å². The molecule has 2 rings (SSSR count). The van der Waals surface area contributed by atoms with E-state index in [4.69, 9.17) is 5.73 Å². The Morgan fingerprint density at radius 1 is 1.17 bits per heavy atom. The fraction of sp³-hybridized carbons (Fsp3) is 0.412. The first-order valence-corrected chi connectivity index (χ1v) is 6.70. The van der Waals surface area contributed by atoms with Gasteiger partial charge in [0.2, 0.25) is 0 Å². The Morgan fingerprint density at radius 2 is 1.83 bits per heavy atom. The molecule has 0 amide bonds. The van der Waals surface area contributed by atoms with Gasteiger partial charge in [0.1, 0.15) is 0 Å². The molecule has 1 nitrogen and oxygen atoms in total. The molecule has 0 saturated carbocycles. The first-order chi connectivity index (χ1) is 8.45. The normalized spacial score (nSPS) is 13.8. The summed E-state index contributed by atoms with van der Waals surface area (Å²) in [6.45, 7) is 8.84. The van der Waals surface area contributed by atoms with Crippen LogP contribution in [0.2, 0.25) is 0 Å². The fourth-order valence-electron chi connectivity index (χ4n) is 2.38. The zero-order valence-corrected chi connectivity index (χ0v) is 11.8. The largest absolute Gasteiger partial charge is 0.324 e. The van der Waals surface area contributed by atoms with Gasteiger partial charge >= 0.3 is 0 Å². The Morgan fingerprint density at radius 3 is 2.50 bits per heavy atom. The van der Waals surface area contributed by atoms with Crippen LogP contribution in [0.4, 0.5) is 0 Å². The maximum atomic E-state index is 6.44. The lowest BCUT2D eigenvalue weighted by Gasteiger charge is -2.31. The molecule has 2 N–H and O–H groups in total. The zero-order chi connectivity index (χ0) is 13.3. The van der Waals surface area contributed by atoms with E-state index in [0.29, 0.717) is 0 Å².